The smallest absolute Gasteiger partial charge is 0.421 e. The van der Waals surface area contributed by atoms with Gasteiger partial charge in [0.2, 0.25) is 0 Å². The van der Waals surface area contributed by atoms with Crippen LogP contribution in [0.5, 0.6) is 11.5 Å². The lowest BCUT2D eigenvalue weighted by molar-refractivity contribution is -0.391. The summed E-state index contributed by atoms with van der Waals surface area (Å²) < 4.78 is 63.2. The number of alkyl halides is 4. The van der Waals surface area contributed by atoms with Crippen LogP contribution < -0.4 is 20.9 Å². The minimum Gasteiger partial charge on any atom is -0.421 e. The summed E-state index contributed by atoms with van der Waals surface area (Å²) in [5.41, 5.74) is 7.24. The lowest BCUT2D eigenvalue weighted by Crippen LogP contribution is -2.52. The third-order valence-electron chi connectivity index (χ3n) is 4.29. The highest BCUT2D eigenvalue weighted by molar-refractivity contribution is 5.50. The molecule has 3 aromatic rings. The molecule has 1 aromatic heterocycles. The SMILES string of the molecule is Cc1cc(Cn2nnn(-c3ccc4c(c3)OC(F)(F)C(F)(F)O4)c2=O)ccc1N. The van der Waals surface area contributed by atoms with Gasteiger partial charge in [-0.3, -0.25) is 0 Å². The summed E-state index contributed by atoms with van der Waals surface area (Å²) in [6.45, 7) is 1.90. The number of nitrogens with two attached hydrogens (primary N) is 1. The number of halogens is 4. The summed E-state index contributed by atoms with van der Waals surface area (Å²) >= 11 is 0. The van der Waals surface area contributed by atoms with Crippen molar-refractivity contribution >= 4 is 5.69 Å². The van der Waals surface area contributed by atoms with Gasteiger partial charge in [-0.25, -0.2) is 4.79 Å². The van der Waals surface area contributed by atoms with E-state index < -0.39 is 29.4 Å². The molecule has 0 saturated heterocycles. The molecule has 0 atom stereocenters. The summed E-state index contributed by atoms with van der Waals surface area (Å²) in [5, 5.41) is 7.45. The average molecular weight is 411 g/mol. The van der Waals surface area contributed by atoms with Gasteiger partial charge >= 0.3 is 17.9 Å². The highest BCUT2D eigenvalue weighted by Crippen LogP contribution is 2.47. The molecule has 0 saturated carbocycles. The molecule has 0 spiro atoms. The molecule has 8 nitrogen and oxygen atoms in total. The van der Waals surface area contributed by atoms with Crippen molar-refractivity contribution in [2.45, 2.75) is 25.7 Å². The number of tetrazole rings is 1. The molecule has 2 N–H and O–H groups in total. The van der Waals surface area contributed by atoms with E-state index in [4.69, 9.17) is 5.73 Å². The highest BCUT2D eigenvalue weighted by Gasteiger charge is 2.65. The van der Waals surface area contributed by atoms with Crippen molar-refractivity contribution in [1.82, 2.24) is 19.8 Å². The monoisotopic (exact) mass is 411 g/mol. The van der Waals surface area contributed by atoms with Crippen LogP contribution in [-0.4, -0.2) is 32.0 Å². The lowest BCUT2D eigenvalue weighted by Gasteiger charge is -2.31. The number of anilines is 1. The minimum atomic E-state index is -4.87. The van der Waals surface area contributed by atoms with Gasteiger partial charge < -0.3 is 15.2 Å². The van der Waals surface area contributed by atoms with Crippen molar-refractivity contribution in [3.05, 3.63) is 58.0 Å². The summed E-state index contributed by atoms with van der Waals surface area (Å²) in [7, 11) is 0. The number of fused-ring (bicyclic) bond motifs is 1. The zero-order chi connectivity index (χ0) is 21.0. The van der Waals surface area contributed by atoms with Gasteiger partial charge in [0.15, 0.2) is 11.5 Å². The first-order chi connectivity index (χ1) is 13.6. The number of nitrogen functional groups attached to an aromatic ring is 1. The average Bonchev–Trinajstić information content (AvgIpc) is 2.99. The molecule has 152 valence electrons. The number of hydrogen-bond acceptors (Lipinski definition) is 6. The number of aryl methyl sites for hydroxylation is 1. The first-order valence-electron chi connectivity index (χ1n) is 8.23. The summed E-state index contributed by atoms with van der Waals surface area (Å²) in [4.78, 5) is 12.6. The van der Waals surface area contributed by atoms with E-state index in [0.29, 0.717) is 5.69 Å². The largest absolute Gasteiger partial charge is 0.507 e. The number of nitrogens with zero attached hydrogens (tertiary/aromatic N) is 4. The third-order valence-corrected chi connectivity index (χ3v) is 4.29. The summed E-state index contributed by atoms with van der Waals surface area (Å²) in [5.74, 6) is -1.25. The van der Waals surface area contributed by atoms with Crippen LogP contribution in [0.15, 0.2) is 41.2 Å². The quantitative estimate of drug-likeness (QED) is 0.525. The Hall–Kier alpha value is -3.57. The number of rotatable bonds is 3. The Morgan fingerprint density at radius 2 is 1.69 bits per heavy atom. The first-order valence-corrected chi connectivity index (χ1v) is 8.23. The second-order valence-electron chi connectivity index (χ2n) is 6.39. The molecule has 2 heterocycles. The molecular weight excluding hydrogens is 398 g/mol. The molecule has 0 fully saturated rings. The fraction of sp³-hybridized carbons (Fsp3) is 0.235. The molecule has 0 aliphatic carbocycles. The molecule has 29 heavy (non-hydrogen) atoms. The predicted molar refractivity (Wildman–Crippen MR) is 91.5 cm³/mol. The zero-order valence-corrected chi connectivity index (χ0v) is 14.8. The Balaban J connectivity index is 1.65. The molecule has 0 bridgehead atoms. The Morgan fingerprint density at radius 3 is 2.38 bits per heavy atom. The van der Waals surface area contributed by atoms with E-state index in [2.05, 4.69) is 19.9 Å². The second kappa shape index (κ2) is 6.22. The first kappa shape index (κ1) is 18.8. The Labute approximate surface area is 160 Å². The Bertz CT molecular complexity index is 1160. The summed E-state index contributed by atoms with van der Waals surface area (Å²) in [6, 6.07) is 8.30. The highest BCUT2D eigenvalue weighted by atomic mass is 19.3. The maximum atomic E-state index is 13.4. The molecule has 2 aromatic carbocycles. The maximum absolute atomic E-state index is 13.4. The Morgan fingerprint density at radius 1 is 1.00 bits per heavy atom. The van der Waals surface area contributed by atoms with Crippen molar-refractivity contribution in [2.75, 3.05) is 5.73 Å². The molecule has 4 rings (SSSR count). The second-order valence-corrected chi connectivity index (χ2v) is 6.39. The van der Waals surface area contributed by atoms with Gasteiger partial charge in [-0.15, -0.1) is 0 Å². The van der Waals surface area contributed by atoms with Crippen molar-refractivity contribution < 1.29 is 27.0 Å². The molecule has 1 aliphatic heterocycles. The number of benzene rings is 2. The van der Waals surface area contributed by atoms with E-state index in [1.807, 2.05) is 6.92 Å². The molecule has 12 heteroatoms. The van der Waals surface area contributed by atoms with Crippen LogP contribution in [0, 0.1) is 6.92 Å². The van der Waals surface area contributed by atoms with E-state index in [1.54, 1.807) is 18.2 Å². The van der Waals surface area contributed by atoms with E-state index in [0.717, 1.165) is 32.6 Å². The zero-order valence-electron chi connectivity index (χ0n) is 14.8. The van der Waals surface area contributed by atoms with E-state index in [1.165, 1.54) is 6.07 Å². The van der Waals surface area contributed by atoms with Gasteiger partial charge in [0.05, 0.1) is 12.2 Å². The number of ether oxygens (including phenoxy) is 2. The van der Waals surface area contributed by atoms with E-state index in [-0.39, 0.29) is 12.2 Å². The van der Waals surface area contributed by atoms with Crippen molar-refractivity contribution in [2.24, 2.45) is 0 Å². The van der Waals surface area contributed by atoms with Crippen LogP contribution in [0.1, 0.15) is 11.1 Å². The van der Waals surface area contributed by atoms with Gasteiger partial charge in [0, 0.05) is 11.8 Å². The molecule has 1 aliphatic rings. The van der Waals surface area contributed by atoms with E-state index >= 15 is 0 Å². The van der Waals surface area contributed by atoms with Crippen LogP contribution in [0.3, 0.4) is 0 Å². The minimum absolute atomic E-state index is 0.0156. The van der Waals surface area contributed by atoms with Crippen molar-refractivity contribution in [3.63, 3.8) is 0 Å². The predicted octanol–water partition coefficient (Wildman–Crippen LogP) is 2.32. The molecule has 0 amide bonds. The van der Waals surface area contributed by atoms with Gasteiger partial charge in [0.1, 0.15) is 0 Å². The van der Waals surface area contributed by atoms with Gasteiger partial charge in [-0.1, -0.05) is 12.1 Å². The van der Waals surface area contributed by atoms with Crippen molar-refractivity contribution in [1.29, 1.82) is 0 Å². The number of aromatic nitrogens is 4. The number of hydrogen-bond donors (Lipinski definition) is 1. The Kier molecular flexibility index (Phi) is 4.03. The van der Waals surface area contributed by atoms with Gasteiger partial charge in [-0.05, 0) is 46.7 Å². The molecular formula is C17H13F4N5O3. The van der Waals surface area contributed by atoms with Gasteiger partial charge in [0.25, 0.3) is 0 Å². The standard InChI is InChI=1S/C17H13F4N5O3/c1-9-6-10(2-4-12(9)22)8-25-15(27)26(24-23-25)11-3-5-13-14(7-11)29-17(20,21)16(18,19)28-13/h2-7H,8,22H2,1H3. The fourth-order valence-corrected chi connectivity index (χ4v) is 2.73. The maximum Gasteiger partial charge on any atom is 0.507 e. The summed E-state index contributed by atoms with van der Waals surface area (Å²) in [6.07, 6.45) is -9.69. The molecule has 0 radical (unpaired) electrons. The van der Waals surface area contributed by atoms with Crippen LogP contribution in [0.4, 0.5) is 23.2 Å². The lowest BCUT2D eigenvalue weighted by atomic mass is 10.1. The van der Waals surface area contributed by atoms with Crippen LogP contribution in [0.25, 0.3) is 5.69 Å². The van der Waals surface area contributed by atoms with Crippen LogP contribution in [-0.2, 0) is 6.54 Å². The van der Waals surface area contributed by atoms with Crippen LogP contribution in [0.2, 0.25) is 0 Å². The third kappa shape index (κ3) is 3.15. The molecule has 0 unspecified atom stereocenters. The topological polar surface area (TPSA) is 97.2 Å². The van der Waals surface area contributed by atoms with Crippen molar-refractivity contribution in [3.8, 4) is 17.2 Å². The fourth-order valence-electron chi connectivity index (χ4n) is 2.73. The normalized spacial score (nSPS) is 16.6. The van der Waals surface area contributed by atoms with E-state index in [9.17, 15) is 22.4 Å². The van der Waals surface area contributed by atoms with Gasteiger partial charge in [-0.2, -0.15) is 26.9 Å². The van der Waals surface area contributed by atoms with Crippen LogP contribution >= 0.6 is 0 Å².